The fourth-order valence-electron chi connectivity index (χ4n) is 1.93. The van der Waals surface area contributed by atoms with Crippen LogP contribution >= 0.6 is 0 Å². The zero-order valence-electron chi connectivity index (χ0n) is 14.5. The molecule has 1 aromatic rings. The van der Waals surface area contributed by atoms with Gasteiger partial charge in [0.15, 0.2) is 0 Å². The van der Waals surface area contributed by atoms with Crippen LogP contribution in [0.4, 0.5) is 4.79 Å². The number of aromatic amines is 2. The lowest BCUT2D eigenvalue weighted by molar-refractivity contribution is -0.139. The molecule has 1 rings (SSSR count). The van der Waals surface area contributed by atoms with E-state index in [-0.39, 0.29) is 12.1 Å². The lowest BCUT2D eigenvalue weighted by Gasteiger charge is -2.22. The number of aromatic nitrogens is 2. The molecule has 10 nitrogen and oxygen atoms in total. The molecule has 0 aliphatic heterocycles. The van der Waals surface area contributed by atoms with Gasteiger partial charge in [0, 0.05) is 12.7 Å². The van der Waals surface area contributed by atoms with Gasteiger partial charge in [0.1, 0.15) is 17.3 Å². The molecule has 0 aliphatic rings. The summed E-state index contributed by atoms with van der Waals surface area (Å²) in [6.45, 7) is 5.36. The van der Waals surface area contributed by atoms with Crippen molar-refractivity contribution in [3.05, 3.63) is 22.4 Å². The second-order valence-corrected chi connectivity index (χ2v) is 6.45. The summed E-state index contributed by atoms with van der Waals surface area (Å²) >= 11 is 0. The van der Waals surface area contributed by atoms with Crippen molar-refractivity contribution >= 4 is 18.0 Å². The third-order valence-corrected chi connectivity index (χ3v) is 3.03. The fraction of sp³-hybridized carbons (Fsp3) is 0.600. The van der Waals surface area contributed by atoms with Crippen LogP contribution in [0, 0.1) is 0 Å². The summed E-state index contributed by atoms with van der Waals surface area (Å²) in [5.74, 6) is -1.58. The van der Waals surface area contributed by atoms with Gasteiger partial charge >= 0.3 is 17.8 Å². The van der Waals surface area contributed by atoms with Crippen LogP contribution in [0.2, 0.25) is 0 Å². The molecule has 0 saturated heterocycles. The largest absolute Gasteiger partial charge is 0.480 e. The Balaban J connectivity index is 2.31. The Kier molecular flexibility index (Phi) is 7.22. The van der Waals surface area contributed by atoms with Gasteiger partial charge in [-0.05, 0) is 40.0 Å². The second-order valence-electron chi connectivity index (χ2n) is 6.45. The van der Waals surface area contributed by atoms with Gasteiger partial charge in [-0.2, -0.15) is 0 Å². The van der Waals surface area contributed by atoms with Crippen molar-refractivity contribution in [2.75, 3.05) is 6.54 Å². The van der Waals surface area contributed by atoms with E-state index in [9.17, 15) is 19.2 Å². The number of carboxylic acid groups (broad SMARTS) is 1. The lowest BCUT2D eigenvalue weighted by Crippen LogP contribution is -2.43. The number of imidazole rings is 1. The summed E-state index contributed by atoms with van der Waals surface area (Å²) in [6.07, 6.45) is 1.66. The molecule has 1 aromatic heterocycles. The molecule has 0 spiro atoms. The standard InChI is InChI=1S/C15H24N4O6/c1-15(2,3)25-14(24)19-9(12(21)22)6-4-5-7-16-11(20)10-8-17-13(23)18-10/h8-9H,4-7H2,1-3H3,(H,16,20)(H,19,24)(H,21,22)(H2,17,18,23)/t9-/m0/s1. The summed E-state index contributed by atoms with van der Waals surface area (Å²) in [4.78, 5) is 50.0. The number of H-pyrrole nitrogens is 2. The highest BCUT2D eigenvalue weighted by Crippen LogP contribution is 2.08. The number of amides is 2. The highest BCUT2D eigenvalue weighted by atomic mass is 16.6. The van der Waals surface area contributed by atoms with Gasteiger partial charge in [0.05, 0.1) is 0 Å². The molecule has 5 N–H and O–H groups in total. The number of aliphatic carboxylic acids is 1. The van der Waals surface area contributed by atoms with Crippen LogP contribution in [-0.4, -0.2) is 51.2 Å². The van der Waals surface area contributed by atoms with Crippen LogP contribution in [0.25, 0.3) is 0 Å². The number of rotatable bonds is 8. The molecular weight excluding hydrogens is 332 g/mol. The zero-order chi connectivity index (χ0) is 19.0. The van der Waals surface area contributed by atoms with E-state index in [1.54, 1.807) is 20.8 Å². The van der Waals surface area contributed by atoms with Gasteiger partial charge < -0.3 is 30.4 Å². The Bertz CT molecular complexity index is 657. The summed E-state index contributed by atoms with van der Waals surface area (Å²) in [6, 6.07) is -1.06. The van der Waals surface area contributed by atoms with E-state index in [4.69, 9.17) is 9.84 Å². The normalized spacial score (nSPS) is 12.3. The van der Waals surface area contributed by atoms with E-state index in [0.717, 1.165) is 0 Å². The molecule has 140 valence electrons. The summed E-state index contributed by atoms with van der Waals surface area (Å²) in [5.41, 5.74) is -1.06. The molecular formula is C15H24N4O6. The van der Waals surface area contributed by atoms with Crippen LogP contribution in [0.1, 0.15) is 50.5 Å². The van der Waals surface area contributed by atoms with Crippen LogP contribution in [-0.2, 0) is 9.53 Å². The first-order chi connectivity index (χ1) is 11.6. The van der Waals surface area contributed by atoms with Crippen molar-refractivity contribution in [2.45, 2.75) is 51.7 Å². The number of carboxylic acids is 1. The van der Waals surface area contributed by atoms with Crippen molar-refractivity contribution in [3.63, 3.8) is 0 Å². The molecule has 1 heterocycles. The van der Waals surface area contributed by atoms with Crippen LogP contribution in [0.15, 0.2) is 11.0 Å². The summed E-state index contributed by atoms with van der Waals surface area (Å²) in [7, 11) is 0. The van der Waals surface area contributed by atoms with E-state index in [1.807, 2.05) is 0 Å². The van der Waals surface area contributed by atoms with Gasteiger partial charge in [0.25, 0.3) is 5.91 Å². The maximum absolute atomic E-state index is 11.7. The SMILES string of the molecule is CC(C)(C)OC(=O)N[C@@H](CCCCNC(=O)c1c[nH]c(=O)[nH]1)C(=O)O. The minimum absolute atomic E-state index is 0.125. The van der Waals surface area contributed by atoms with E-state index in [2.05, 4.69) is 20.6 Å². The molecule has 2 amide bonds. The minimum Gasteiger partial charge on any atom is -0.480 e. The molecule has 0 fully saturated rings. The predicted molar refractivity (Wildman–Crippen MR) is 88.4 cm³/mol. The highest BCUT2D eigenvalue weighted by molar-refractivity contribution is 5.91. The molecule has 0 unspecified atom stereocenters. The maximum Gasteiger partial charge on any atom is 0.408 e. The number of ether oxygens (including phenoxy) is 1. The molecule has 1 atom stereocenters. The molecule has 0 aromatic carbocycles. The van der Waals surface area contributed by atoms with Crippen molar-refractivity contribution < 1.29 is 24.2 Å². The van der Waals surface area contributed by atoms with Gasteiger partial charge in [0.2, 0.25) is 0 Å². The molecule has 0 radical (unpaired) electrons. The average Bonchev–Trinajstić information content (AvgIpc) is 2.90. The molecule has 0 saturated carbocycles. The first-order valence-electron chi connectivity index (χ1n) is 7.86. The van der Waals surface area contributed by atoms with Gasteiger partial charge in [-0.15, -0.1) is 0 Å². The van der Waals surface area contributed by atoms with Crippen molar-refractivity contribution in [1.29, 1.82) is 0 Å². The first-order valence-corrected chi connectivity index (χ1v) is 7.86. The van der Waals surface area contributed by atoms with Crippen molar-refractivity contribution in [1.82, 2.24) is 20.6 Å². The van der Waals surface area contributed by atoms with Gasteiger partial charge in [-0.25, -0.2) is 14.4 Å². The predicted octanol–water partition coefficient (Wildman–Crippen LogP) is 0.581. The van der Waals surface area contributed by atoms with E-state index in [0.29, 0.717) is 19.4 Å². The number of hydrogen-bond acceptors (Lipinski definition) is 5. The van der Waals surface area contributed by atoms with Gasteiger partial charge in [-0.1, -0.05) is 0 Å². The number of nitrogens with one attached hydrogen (secondary N) is 4. The Morgan fingerprint density at radius 3 is 2.48 bits per heavy atom. The fourth-order valence-corrected chi connectivity index (χ4v) is 1.93. The molecule has 0 bridgehead atoms. The monoisotopic (exact) mass is 356 g/mol. The molecule has 0 aliphatic carbocycles. The first kappa shape index (κ1) is 20.3. The highest BCUT2D eigenvalue weighted by Gasteiger charge is 2.23. The summed E-state index contributed by atoms with van der Waals surface area (Å²) in [5, 5.41) is 14.0. The van der Waals surface area contributed by atoms with Gasteiger partial charge in [-0.3, -0.25) is 4.79 Å². The van der Waals surface area contributed by atoms with E-state index in [1.165, 1.54) is 6.20 Å². The van der Waals surface area contributed by atoms with Crippen LogP contribution in [0.5, 0.6) is 0 Å². The van der Waals surface area contributed by atoms with E-state index < -0.39 is 35.3 Å². The Labute approximate surface area is 144 Å². The third-order valence-electron chi connectivity index (χ3n) is 3.03. The van der Waals surface area contributed by atoms with Crippen LogP contribution < -0.4 is 16.3 Å². The third kappa shape index (κ3) is 8.04. The maximum atomic E-state index is 11.7. The zero-order valence-corrected chi connectivity index (χ0v) is 14.5. The van der Waals surface area contributed by atoms with Crippen LogP contribution in [0.3, 0.4) is 0 Å². The average molecular weight is 356 g/mol. The number of unbranched alkanes of at least 4 members (excludes halogenated alkanes) is 1. The quantitative estimate of drug-likeness (QED) is 0.429. The Hall–Kier alpha value is -2.78. The Morgan fingerprint density at radius 2 is 1.96 bits per heavy atom. The number of alkyl carbamates (subject to hydrolysis) is 1. The Morgan fingerprint density at radius 1 is 1.28 bits per heavy atom. The lowest BCUT2D eigenvalue weighted by atomic mass is 10.1. The number of carbonyl (C=O) groups is 3. The minimum atomic E-state index is -1.15. The van der Waals surface area contributed by atoms with Crippen molar-refractivity contribution in [3.8, 4) is 0 Å². The topological polar surface area (TPSA) is 153 Å². The number of carbonyl (C=O) groups excluding carboxylic acids is 2. The van der Waals surface area contributed by atoms with E-state index >= 15 is 0 Å². The second kappa shape index (κ2) is 8.90. The number of hydrogen-bond donors (Lipinski definition) is 5. The molecule has 10 heteroatoms. The smallest absolute Gasteiger partial charge is 0.408 e. The van der Waals surface area contributed by atoms with Crippen molar-refractivity contribution in [2.24, 2.45) is 0 Å². The summed E-state index contributed by atoms with van der Waals surface area (Å²) < 4.78 is 5.03. The molecule has 25 heavy (non-hydrogen) atoms.